The van der Waals surface area contributed by atoms with E-state index in [-0.39, 0.29) is 30.3 Å². The zero-order chi connectivity index (χ0) is 16.9. The fourth-order valence-corrected chi connectivity index (χ4v) is 3.26. The fourth-order valence-electron chi connectivity index (χ4n) is 3.26. The van der Waals surface area contributed by atoms with Crippen LogP contribution in [0.5, 0.6) is 0 Å². The van der Waals surface area contributed by atoms with Crippen molar-refractivity contribution in [2.75, 3.05) is 26.7 Å². The smallest absolute Gasteiger partial charge is 0.272 e. The molecule has 2 amide bonds. The van der Waals surface area contributed by atoms with Crippen LogP contribution in [0.25, 0.3) is 10.9 Å². The number of rotatable bonds is 6. The fraction of sp³-hybridized carbons (Fsp3) is 0.471. The normalized spacial score (nSPS) is 16.7. The highest BCUT2D eigenvalue weighted by molar-refractivity contribution is 6.04. The molecule has 1 fully saturated rings. The lowest BCUT2D eigenvalue weighted by Gasteiger charge is -2.24. The summed E-state index contributed by atoms with van der Waals surface area (Å²) in [6, 6.07) is 7.75. The number of likely N-dealkylation sites (tertiary alicyclic amines) is 1. The van der Waals surface area contributed by atoms with Crippen molar-refractivity contribution in [1.82, 2.24) is 25.7 Å². The van der Waals surface area contributed by atoms with Gasteiger partial charge in [0.25, 0.3) is 5.91 Å². The van der Waals surface area contributed by atoms with Crippen molar-refractivity contribution in [2.45, 2.75) is 25.3 Å². The molecule has 0 aliphatic carbocycles. The number of H-pyrrole nitrogens is 1. The molecule has 0 bridgehead atoms. The van der Waals surface area contributed by atoms with E-state index in [1.54, 1.807) is 0 Å². The molecule has 1 saturated heterocycles. The summed E-state index contributed by atoms with van der Waals surface area (Å²) < 4.78 is 0. The van der Waals surface area contributed by atoms with E-state index in [2.05, 4.69) is 20.8 Å². The molecule has 3 N–H and O–H groups in total. The number of halogens is 1. The van der Waals surface area contributed by atoms with E-state index in [0.29, 0.717) is 18.7 Å². The highest BCUT2D eigenvalue weighted by atomic mass is 35.5. The zero-order valence-corrected chi connectivity index (χ0v) is 15.1. The highest BCUT2D eigenvalue weighted by Crippen LogP contribution is 2.17. The third-order valence-electron chi connectivity index (χ3n) is 4.45. The van der Waals surface area contributed by atoms with Crippen molar-refractivity contribution in [2.24, 2.45) is 0 Å². The number of fused-ring (bicyclic) bond motifs is 1. The minimum Gasteiger partial charge on any atom is -0.350 e. The standard InChI is InChI=1S/C17H23N5O2.ClH/c1-18-11-12-5-4-10-22(12)15(23)8-9-19-17(24)16-13-6-2-3-7-14(13)20-21-16;/h2-3,6-7,12,18H,4-5,8-11H2,1H3,(H,19,24)(H,20,21);1H. The van der Waals surface area contributed by atoms with Gasteiger partial charge in [0.1, 0.15) is 0 Å². The van der Waals surface area contributed by atoms with Crippen molar-refractivity contribution >= 4 is 35.1 Å². The molecule has 0 radical (unpaired) electrons. The summed E-state index contributed by atoms with van der Waals surface area (Å²) in [6.45, 7) is 1.95. The Morgan fingerprint density at radius 3 is 2.96 bits per heavy atom. The average Bonchev–Trinajstić information content (AvgIpc) is 3.21. The number of amides is 2. The first-order chi connectivity index (χ1) is 11.7. The first-order valence-corrected chi connectivity index (χ1v) is 8.36. The van der Waals surface area contributed by atoms with E-state index >= 15 is 0 Å². The molecule has 1 unspecified atom stereocenters. The molecule has 0 saturated carbocycles. The van der Waals surface area contributed by atoms with Gasteiger partial charge in [-0.2, -0.15) is 5.10 Å². The zero-order valence-electron chi connectivity index (χ0n) is 14.2. The summed E-state index contributed by atoms with van der Waals surface area (Å²) >= 11 is 0. The maximum Gasteiger partial charge on any atom is 0.272 e. The van der Waals surface area contributed by atoms with Gasteiger partial charge in [0.05, 0.1) is 5.52 Å². The second-order valence-corrected chi connectivity index (χ2v) is 6.06. The molecule has 7 nitrogen and oxygen atoms in total. The highest BCUT2D eigenvalue weighted by Gasteiger charge is 2.27. The number of para-hydroxylation sites is 1. The van der Waals surface area contributed by atoms with Crippen LogP contribution < -0.4 is 10.6 Å². The van der Waals surface area contributed by atoms with E-state index in [0.717, 1.165) is 36.8 Å². The Kier molecular flexibility index (Phi) is 6.78. The molecule has 2 aromatic rings. The van der Waals surface area contributed by atoms with Crippen LogP contribution in [-0.4, -0.2) is 59.6 Å². The number of aromatic nitrogens is 2. The lowest BCUT2D eigenvalue weighted by molar-refractivity contribution is -0.131. The number of carbonyl (C=O) groups is 2. The molecule has 8 heteroatoms. The molecular weight excluding hydrogens is 342 g/mol. The van der Waals surface area contributed by atoms with Gasteiger partial charge in [-0.3, -0.25) is 14.7 Å². The summed E-state index contributed by atoms with van der Waals surface area (Å²) in [7, 11) is 1.90. The molecule has 1 atom stereocenters. The number of benzene rings is 1. The van der Waals surface area contributed by atoms with Gasteiger partial charge in [0.2, 0.25) is 5.91 Å². The molecule has 1 aromatic heterocycles. The predicted octanol–water partition coefficient (Wildman–Crippen LogP) is 1.32. The summed E-state index contributed by atoms with van der Waals surface area (Å²) in [5, 5.41) is 13.6. The third-order valence-corrected chi connectivity index (χ3v) is 4.45. The Labute approximate surface area is 152 Å². The number of hydrogen-bond donors (Lipinski definition) is 3. The Morgan fingerprint density at radius 1 is 1.36 bits per heavy atom. The predicted molar refractivity (Wildman–Crippen MR) is 99.0 cm³/mol. The van der Waals surface area contributed by atoms with Crippen LogP contribution in [0, 0.1) is 0 Å². The van der Waals surface area contributed by atoms with Crippen molar-refractivity contribution in [1.29, 1.82) is 0 Å². The SMILES string of the molecule is CNCC1CCCN1C(=O)CCNC(=O)c1n[nH]c2ccccc12.Cl. The lowest BCUT2D eigenvalue weighted by atomic mass is 10.2. The van der Waals surface area contributed by atoms with E-state index in [4.69, 9.17) is 0 Å². The van der Waals surface area contributed by atoms with Crippen LogP contribution >= 0.6 is 12.4 Å². The van der Waals surface area contributed by atoms with Gasteiger partial charge < -0.3 is 15.5 Å². The molecule has 25 heavy (non-hydrogen) atoms. The average molecular weight is 366 g/mol. The number of nitrogens with one attached hydrogen (secondary N) is 3. The summed E-state index contributed by atoms with van der Waals surface area (Å²) in [5.41, 5.74) is 1.19. The second kappa shape index (κ2) is 8.82. The summed E-state index contributed by atoms with van der Waals surface area (Å²) in [6.07, 6.45) is 2.40. The van der Waals surface area contributed by atoms with Crippen molar-refractivity contribution in [3.05, 3.63) is 30.0 Å². The van der Waals surface area contributed by atoms with Crippen molar-refractivity contribution in [3.63, 3.8) is 0 Å². The molecule has 0 spiro atoms. The molecular formula is C17H24ClN5O2. The van der Waals surface area contributed by atoms with Gasteiger partial charge in [-0.15, -0.1) is 12.4 Å². The number of carbonyl (C=O) groups excluding carboxylic acids is 2. The first kappa shape index (κ1) is 19.2. The number of aromatic amines is 1. The molecule has 3 rings (SSSR count). The molecule has 2 heterocycles. The molecule has 1 aliphatic heterocycles. The minimum absolute atomic E-state index is 0. The number of likely N-dealkylation sites (N-methyl/N-ethyl adjacent to an activating group) is 1. The Hall–Kier alpha value is -2.12. The van der Waals surface area contributed by atoms with E-state index in [9.17, 15) is 9.59 Å². The molecule has 1 aliphatic rings. The van der Waals surface area contributed by atoms with E-state index in [1.807, 2.05) is 36.2 Å². The maximum atomic E-state index is 12.3. The Bertz CT molecular complexity index is 733. The van der Waals surface area contributed by atoms with E-state index < -0.39 is 0 Å². The van der Waals surface area contributed by atoms with Gasteiger partial charge in [0.15, 0.2) is 5.69 Å². The van der Waals surface area contributed by atoms with Gasteiger partial charge in [0, 0.05) is 37.5 Å². The van der Waals surface area contributed by atoms with Crippen LogP contribution in [0.4, 0.5) is 0 Å². The Balaban J connectivity index is 0.00000225. The van der Waals surface area contributed by atoms with Crippen molar-refractivity contribution < 1.29 is 9.59 Å². The summed E-state index contributed by atoms with van der Waals surface area (Å²) in [5.74, 6) is -0.159. The molecule has 1 aromatic carbocycles. The van der Waals surface area contributed by atoms with Crippen LogP contribution in [0.3, 0.4) is 0 Å². The topological polar surface area (TPSA) is 90.1 Å². The van der Waals surface area contributed by atoms with Gasteiger partial charge in [-0.1, -0.05) is 18.2 Å². The maximum absolute atomic E-state index is 12.3. The van der Waals surface area contributed by atoms with Gasteiger partial charge >= 0.3 is 0 Å². The second-order valence-electron chi connectivity index (χ2n) is 6.06. The Morgan fingerprint density at radius 2 is 2.16 bits per heavy atom. The third kappa shape index (κ3) is 4.29. The molecule has 136 valence electrons. The van der Waals surface area contributed by atoms with Gasteiger partial charge in [-0.25, -0.2) is 0 Å². The van der Waals surface area contributed by atoms with Gasteiger partial charge in [-0.05, 0) is 26.0 Å². The lowest BCUT2D eigenvalue weighted by Crippen LogP contribution is -2.42. The number of nitrogens with zero attached hydrogens (tertiary/aromatic N) is 2. The monoisotopic (exact) mass is 365 g/mol. The van der Waals surface area contributed by atoms with E-state index in [1.165, 1.54) is 0 Å². The first-order valence-electron chi connectivity index (χ1n) is 8.36. The van der Waals surface area contributed by atoms with Crippen LogP contribution in [0.15, 0.2) is 24.3 Å². The quantitative estimate of drug-likeness (QED) is 0.720. The van der Waals surface area contributed by atoms with Crippen LogP contribution in [-0.2, 0) is 4.79 Å². The number of hydrogen-bond acceptors (Lipinski definition) is 4. The van der Waals surface area contributed by atoms with Crippen molar-refractivity contribution in [3.8, 4) is 0 Å². The van der Waals surface area contributed by atoms with Crippen LogP contribution in [0.2, 0.25) is 0 Å². The summed E-state index contributed by atoms with van der Waals surface area (Å²) in [4.78, 5) is 26.5. The largest absolute Gasteiger partial charge is 0.350 e. The van der Waals surface area contributed by atoms with Crippen LogP contribution in [0.1, 0.15) is 29.8 Å². The minimum atomic E-state index is -0.256.